The van der Waals surface area contributed by atoms with Crippen LogP contribution < -0.4 is 5.56 Å². The van der Waals surface area contributed by atoms with Crippen LogP contribution in [0.1, 0.15) is 56.9 Å². The van der Waals surface area contributed by atoms with Crippen LogP contribution in [-0.2, 0) is 17.8 Å². The topological polar surface area (TPSA) is 80.2 Å². The molecule has 1 N–H and O–H groups in total. The molecule has 0 aliphatic heterocycles. The first kappa shape index (κ1) is 24.6. The number of nitrogens with zero attached hydrogens (tertiary/aromatic N) is 3. The standard InChI is InChI=1S/C30H32N4O3/c1-5-22-15-31-16-26-25(22)11-12-33(28(26)35)18-21-9-10-23-14-24(32-27(23)13-21)19-34(17-20-7-6-8-20)29(36)37-30(2,3)4/h1,9-16,20,32H,6-8,17-19H2,2-4H3. The number of amides is 1. The van der Waals surface area contributed by atoms with Gasteiger partial charge in [-0.25, -0.2) is 4.79 Å². The summed E-state index contributed by atoms with van der Waals surface area (Å²) < 4.78 is 7.35. The van der Waals surface area contributed by atoms with Crippen molar-refractivity contribution in [1.29, 1.82) is 0 Å². The molecule has 190 valence electrons. The summed E-state index contributed by atoms with van der Waals surface area (Å²) in [6.07, 6.45) is 13.8. The van der Waals surface area contributed by atoms with E-state index >= 15 is 0 Å². The number of H-pyrrole nitrogens is 1. The van der Waals surface area contributed by atoms with Crippen molar-refractivity contribution in [2.75, 3.05) is 6.54 Å². The number of hydrogen-bond acceptors (Lipinski definition) is 4. The van der Waals surface area contributed by atoms with Crippen molar-refractivity contribution in [2.45, 2.75) is 58.7 Å². The molecule has 0 unspecified atom stereocenters. The fourth-order valence-electron chi connectivity index (χ4n) is 4.78. The molecule has 3 aromatic heterocycles. The summed E-state index contributed by atoms with van der Waals surface area (Å²) in [5.41, 5.74) is 2.85. The third-order valence-electron chi connectivity index (χ3n) is 6.87. The highest BCUT2D eigenvalue weighted by Gasteiger charge is 2.27. The fourth-order valence-corrected chi connectivity index (χ4v) is 4.78. The smallest absolute Gasteiger partial charge is 0.410 e. The maximum atomic E-state index is 13.1. The van der Waals surface area contributed by atoms with Gasteiger partial charge in [0.2, 0.25) is 0 Å². The highest BCUT2D eigenvalue weighted by molar-refractivity contribution is 5.86. The molecule has 3 heterocycles. The molecular formula is C30H32N4O3. The first-order chi connectivity index (χ1) is 17.7. The summed E-state index contributed by atoms with van der Waals surface area (Å²) in [7, 11) is 0. The molecule has 0 radical (unpaired) electrons. The van der Waals surface area contributed by atoms with Crippen LogP contribution in [0.15, 0.2) is 53.7 Å². The van der Waals surface area contributed by atoms with E-state index in [9.17, 15) is 9.59 Å². The number of nitrogens with one attached hydrogen (secondary N) is 1. The third-order valence-corrected chi connectivity index (χ3v) is 6.87. The molecule has 1 aromatic carbocycles. The molecule has 1 aliphatic carbocycles. The lowest BCUT2D eigenvalue weighted by Gasteiger charge is -2.33. The molecule has 5 rings (SSSR count). The average molecular weight is 497 g/mol. The fraction of sp³-hybridized carbons (Fsp3) is 0.367. The van der Waals surface area contributed by atoms with Crippen LogP contribution in [0.4, 0.5) is 4.79 Å². The highest BCUT2D eigenvalue weighted by Crippen LogP contribution is 2.29. The molecule has 37 heavy (non-hydrogen) atoms. The Balaban J connectivity index is 1.37. The van der Waals surface area contributed by atoms with Crippen molar-refractivity contribution >= 4 is 27.8 Å². The number of hydrogen-bond donors (Lipinski definition) is 1. The summed E-state index contributed by atoms with van der Waals surface area (Å²) in [6.45, 7) is 7.26. The maximum absolute atomic E-state index is 13.1. The number of carbonyl (C=O) groups is 1. The molecule has 1 amide bonds. The van der Waals surface area contributed by atoms with Gasteiger partial charge in [-0.2, -0.15) is 0 Å². The van der Waals surface area contributed by atoms with E-state index in [2.05, 4.69) is 28.0 Å². The van der Waals surface area contributed by atoms with Crippen molar-refractivity contribution in [1.82, 2.24) is 19.4 Å². The van der Waals surface area contributed by atoms with Crippen LogP contribution in [-0.4, -0.2) is 37.7 Å². The minimum Gasteiger partial charge on any atom is -0.444 e. The first-order valence-electron chi connectivity index (χ1n) is 12.7. The van der Waals surface area contributed by atoms with Crippen molar-refractivity contribution in [3.8, 4) is 12.3 Å². The monoisotopic (exact) mass is 496 g/mol. The van der Waals surface area contributed by atoms with Gasteiger partial charge in [-0.05, 0) is 68.7 Å². The summed E-state index contributed by atoms with van der Waals surface area (Å²) >= 11 is 0. The van der Waals surface area contributed by atoms with Gasteiger partial charge in [0.05, 0.1) is 24.0 Å². The third kappa shape index (κ3) is 5.39. The van der Waals surface area contributed by atoms with E-state index in [1.165, 1.54) is 6.42 Å². The lowest BCUT2D eigenvalue weighted by molar-refractivity contribution is 0.0171. The largest absolute Gasteiger partial charge is 0.444 e. The Labute approximate surface area is 216 Å². The van der Waals surface area contributed by atoms with E-state index < -0.39 is 5.60 Å². The Kier molecular flexibility index (Phi) is 6.51. The van der Waals surface area contributed by atoms with E-state index in [0.29, 0.717) is 36.5 Å². The van der Waals surface area contributed by atoms with Gasteiger partial charge in [-0.15, -0.1) is 6.42 Å². The summed E-state index contributed by atoms with van der Waals surface area (Å²) in [5.74, 6) is 3.13. The average Bonchev–Trinajstić information content (AvgIpc) is 3.22. The zero-order chi connectivity index (χ0) is 26.2. The first-order valence-corrected chi connectivity index (χ1v) is 12.7. The van der Waals surface area contributed by atoms with Gasteiger partial charge in [0, 0.05) is 41.7 Å². The number of aromatic amines is 1. The quantitative estimate of drug-likeness (QED) is 0.360. The van der Waals surface area contributed by atoms with Crippen LogP contribution in [0.3, 0.4) is 0 Å². The van der Waals surface area contributed by atoms with Crippen LogP contribution in [0.25, 0.3) is 21.7 Å². The van der Waals surface area contributed by atoms with Gasteiger partial charge in [0.1, 0.15) is 5.60 Å². The van der Waals surface area contributed by atoms with Gasteiger partial charge < -0.3 is 19.2 Å². The molecule has 0 spiro atoms. The number of aromatic nitrogens is 3. The van der Waals surface area contributed by atoms with Crippen LogP contribution in [0.2, 0.25) is 0 Å². The van der Waals surface area contributed by atoms with E-state index in [4.69, 9.17) is 11.2 Å². The molecule has 0 bridgehead atoms. The highest BCUT2D eigenvalue weighted by atomic mass is 16.6. The second kappa shape index (κ2) is 9.78. The lowest BCUT2D eigenvalue weighted by atomic mass is 9.85. The zero-order valence-electron chi connectivity index (χ0n) is 21.6. The van der Waals surface area contributed by atoms with E-state index in [1.807, 2.05) is 43.9 Å². The Bertz CT molecular complexity index is 1560. The number of pyridine rings is 2. The maximum Gasteiger partial charge on any atom is 0.410 e. The second-order valence-corrected chi connectivity index (χ2v) is 10.9. The van der Waals surface area contributed by atoms with Crippen LogP contribution in [0.5, 0.6) is 0 Å². The SMILES string of the molecule is C#Cc1cncc2c(=O)n(Cc3ccc4cc(CN(CC5CCC5)C(=O)OC(C)(C)C)[nH]c4c3)ccc12. The molecule has 1 saturated carbocycles. The molecular weight excluding hydrogens is 464 g/mol. The van der Waals surface area contributed by atoms with Crippen molar-refractivity contribution < 1.29 is 9.53 Å². The molecule has 7 heteroatoms. The summed E-state index contributed by atoms with van der Waals surface area (Å²) in [4.78, 5) is 35.4. The predicted molar refractivity (Wildman–Crippen MR) is 145 cm³/mol. The number of carbonyl (C=O) groups excluding carboxylic acids is 1. The Morgan fingerprint density at radius 2 is 2.03 bits per heavy atom. The normalized spacial score (nSPS) is 13.9. The van der Waals surface area contributed by atoms with Gasteiger partial charge in [0.15, 0.2) is 0 Å². The van der Waals surface area contributed by atoms with Gasteiger partial charge >= 0.3 is 6.09 Å². The minimum atomic E-state index is -0.538. The number of rotatable bonds is 6. The molecule has 1 aliphatic rings. The molecule has 0 saturated heterocycles. The molecule has 1 fully saturated rings. The van der Waals surface area contributed by atoms with Crippen LogP contribution in [0, 0.1) is 18.3 Å². The molecule has 0 atom stereocenters. The summed E-state index contributed by atoms with van der Waals surface area (Å²) in [6, 6.07) is 10.1. The molecule has 7 nitrogen and oxygen atoms in total. The number of terminal acetylenes is 1. The lowest BCUT2D eigenvalue weighted by Crippen LogP contribution is -2.40. The number of benzene rings is 1. The minimum absolute atomic E-state index is 0.127. The number of fused-ring (bicyclic) bond motifs is 2. The van der Waals surface area contributed by atoms with E-state index in [-0.39, 0.29) is 11.7 Å². The predicted octanol–water partition coefficient (Wildman–Crippen LogP) is 5.44. The zero-order valence-corrected chi connectivity index (χ0v) is 21.6. The van der Waals surface area contributed by atoms with Gasteiger partial charge in [-0.1, -0.05) is 24.5 Å². The Hall–Kier alpha value is -4.05. The van der Waals surface area contributed by atoms with Gasteiger partial charge in [0.25, 0.3) is 5.56 Å². The van der Waals surface area contributed by atoms with E-state index in [0.717, 1.165) is 40.4 Å². The van der Waals surface area contributed by atoms with Crippen LogP contribution >= 0.6 is 0 Å². The second-order valence-electron chi connectivity index (χ2n) is 10.9. The van der Waals surface area contributed by atoms with E-state index in [1.54, 1.807) is 23.2 Å². The van der Waals surface area contributed by atoms with Crippen molar-refractivity contribution in [2.24, 2.45) is 5.92 Å². The summed E-state index contributed by atoms with van der Waals surface area (Å²) in [5, 5.41) is 2.30. The number of ether oxygens (including phenoxy) is 1. The Morgan fingerprint density at radius 3 is 2.73 bits per heavy atom. The van der Waals surface area contributed by atoms with Crippen molar-refractivity contribution in [3.05, 3.63) is 76.1 Å². The molecule has 4 aromatic rings. The van der Waals surface area contributed by atoms with Crippen molar-refractivity contribution in [3.63, 3.8) is 0 Å². The Morgan fingerprint density at radius 1 is 1.22 bits per heavy atom. The van der Waals surface area contributed by atoms with Gasteiger partial charge in [-0.3, -0.25) is 9.78 Å².